The van der Waals surface area contributed by atoms with E-state index in [4.69, 9.17) is 5.11 Å². The smallest absolute Gasteiger partial charge is 0.303 e. The van der Waals surface area contributed by atoms with E-state index in [0.29, 0.717) is 29.5 Å². The maximum atomic E-state index is 14.0. The minimum atomic E-state index is -0.703. The van der Waals surface area contributed by atoms with Crippen LogP contribution in [-0.2, 0) is 9.59 Å². The van der Waals surface area contributed by atoms with E-state index in [1.807, 2.05) is 0 Å². The van der Waals surface area contributed by atoms with Crippen LogP contribution in [0.25, 0.3) is 0 Å². The number of hydrogen-bond acceptors (Lipinski definition) is 3. The molecule has 4 rings (SSSR count). The average Bonchev–Trinajstić information content (AvgIpc) is 3.07. The molecule has 0 aromatic heterocycles. The number of hydrogen-bond donors (Lipinski definition) is 2. The van der Waals surface area contributed by atoms with Crippen molar-refractivity contribution in [2.24, 2.45) is 46.3 Å². The molecule has 0 amide bonds. The molecule has 2 N–H and O–H groups in total. The van der Waals surface area contributed by atoms with Gasteiger partial charge in [0.2, 0.25) is 0 Å². The molecule has 4 fully saturated rings. The van der Waals surface area contributed by atoms with Crippen LogP contribution in [0.2, 0.25) is 0 Å². The first-order valence-corrected chi connectivity index (χ1v) is 12.8. The summed E-state index contributed by atoms with van der Waals surface area (Å²) < 4.78 is 0. The standard InChI is InChI=1S/C27H42O4/c1-5-6-18-22-15-17(28)11-13-27(22,4)21-12-14-26(3)19(16(2)7-10-23(29)30)8-9-20(26)24(21)25(18)31/h6,16-17,19-22,24,28H,5,7-15H2,1-4H3,(H,29,30)/b18-6-/t16-,17-,19?,20?,21?,22+,24+,26-,27-/m1/s1. The van der Waals surface area contributed by atoms with E-state index in [9.17, 15) is 14.7 Å². The maximum Gasteiger partial charge on any atom is 0.303 e. The predicted molar refractivity (Wildman–Crippen MR) is 121 cm³/mol. The zero-order chi connectivity index (χ0) is 22.6. The number of carbonyl (C=O) groups is 2. The highest BCUT2D eigenvalue weighted by Crippen LogP contribution is 2.68. The largest absolute Gasteiger partial charge is 0.481 e. The monoisotopic (exact) mass is 430 g/mol. The van der Waals surface area contributed by atoms with E-state index >= 15 is 0 Å². The van der Waals surface area contributed by atoms with Gasteiger partial charge >= 0.3 is 5.97 Å². The highest BCUT2D eigenvalue weighted by molar-refractivity contribution is 5.99. The first kappa shape index (κ1) is 23.0. The van der Waals surface area contributed by atoms with Gasteiger partial charge in [-0.15, -0.1) is 0 Å². The van der Waals surface area contributed by atoms with E-state index < -0.39 is 5.97 Å². The second-order valence-corrected chi connectivity index (χ2v) is 11.8. The Morgan fingerprint density at radius 2 is 1.81 bits per heavy atom. The second-order valence-electron chi connectivity index (χ2n) is 11.8. The molecule has 0 aromatic carbocycles. The Hall–Kier alpha value is -1.16. The number of carbonyl (C=O) groups excluding carboxylic acids is 1. The summed E-state index contributed by atoms with van der Waals surface area (Å²) in [6.45, 7) is 9.18. The maximum absolute atomic E-state index is 14.0. The van der Waals surface area contributed by atoms with Gasteiger partial charge in [-0.25, -0.2) is 0 Å². The summed E-state index contributed by atoms with van der Waals surface area (Å²) >= 11 is 0. The molecule has 4 nitrogen and oxygen atoms in total. The lowest BCUT2D eigenvalue weighted by molar-refractivity contribution is -0.150. The molecule has 4 aliphatic rings. The molecule has 31 heavy (non-hydrogen) atoms. The number of aliphatic hydroxyl groups excluding tert-OH is 1. The Morgan fingerprint density at radius 1 is 1.13 bits per heavy atom. The van der Waals surface area contributed by atoms with Crippen molar-refractivity contribution >= 4 is 11.8 Å². The van der Waals surface area contributed by atoms with E-state index in [0.717, 1.165) is 63.4 Å². The van der Waals surface area contributed by atoms with Crippen molar-refractivity contribution < 1.29 is 19.8 Å². The SMILES string of the molecule is CC/C=C1\C(=O)[C@H]2C3CCC([C@H](C)CCC(=O)O)[C@@]3(C)CCC2[C@@]2(C)CC[C@@H](O)C[C@@H]12. The molecule has 0 radical (unpaired) electrons. The molecule has 0 spiro atoms. The minimum absolute atomic E-state index is 0.115. The highest BCUT2D eigenvalue weighted by Gasteiger charge is 2.64. The Labute approximate surface area is 187 Å². The molecule has 4 heteroatoms. The first-order chi connectivity index (χ1) is 14.6. The fraction of sp³-hybridized carbons (Fsp3) is 0.852. The topological polar surface area (TPSA) is 74.6 Å². The number of aliphatic carboxylic acids is 1. The molecule has 3 unspecified atom stereocenters. The predicted octanol–water partition coefficient (Wildman–Crippen LogP) is 5.63. The lowest BCUT2D eigenvalue weighted by Crippen LogP contribution is -2.58. The molecule has 0 bridgehead atoms. The second kappa shape index (κ2) is 8.32. The molecule has 4 aliphatic carbocycles. The lowest BCUT2D eigenvalue weighted by atomic mass is 9.43. The molecule has 0 aliphatic heterocycles. The van der Waals surface area contributed by atoms with Crippen LogP contribution in [0.4, 0.5) is 0 Å². The van der Waals surface area contributed by atoms with Crippen molar-refractivity contribution in [1.82, 2.24) is 0 Å². The summed E-state index contributed by atoms with van der Waals surface area (Å²) in [5.74, 6) is 1.76. The van der Waals surface area contributed by atoms with Gasteiger partial charge in [0.15, 0.2) is 5.78 Å². The number of allylic oxidation sites excluding steroid dienone is 2. The van der Waals surface area contributed by atoms with Crippen LogP contribution in [-0.4, -0.2) is 28.1 Å². The van der Waals surface area contributed by atoms with Gasteiger partial charge < -0.3 is 10.2 Å². The van der Waals surface area contributed by atoms with Gasteiger partial charge in [-0.2, -0.15) is 0 Å². The zero-order valence-corrected chi connectivity index (χ0v) is 19.9. The molecular formula is C27H42O4. The van der Waals surface area contributed by atoms with Gasteiger partial charge in [0, 0.05) is 12.3 Å². The molecule has 174 valence electrons. The summed E-state index contributed by atoms with van der Waals surface area (Å²) in [5, 5.41) is 19.6. The van der Waals surface area contributed by atoms with Crippen molar-refractivity contribution in [3.8, 4) is 0 Å². The summed E-state index contributed by atoms with van der Waals surface area (Å²) in [6, 6.07) is 0. The summed E-state index contributed by atoms with van der Waals surface area (Å²) in [7, 11) is 0. The van der Waals surface area contributed by atoms with Crippen LogP contribution < -0.4 is 0 Å². The van der Waals surface area contributed by atoms with Crippen molar-refractivity contribution in [3.63, 3.8) is 0 Å². The number of Topliss-reactive ketones (excluding diaryl/α,β-unsaturated/α-hetero) is 1. The van der Waals surface area contributed by atoms with Crippen molar-refractivity contribution in [3.05, 3.63) is 11.6 Å². The van der Waals surface area contributed by atoms with Crippen LogP contribution in [0.5, 0.6) is 0 Å². The molecule has 9 atom stereocenters. The third-order valence-corrected chi connectivity index (χ3v) is 10.4. The lowest BCUT2D eigenvalue weighted by Gasteiger charge is -2.61. The summed E-state index contributed by atoms with van der Waals surface area (Å²) in [5.41, 5.74) is 1.29. The number of carboxylic acid groups (broad SMARTS) is 1. The normalized spacial score (nSPS) is 46.9. The summed E-state index contributed by atoms with van der Waals surface area (Å²) in [6.07, 6.45) is 10.9. The quantitative estimate of drug-likeness (QED) is 0.554. The Kier molecular flexibility index (Phi) is 6.17. The molecule has 4 saturated carbocycles. The number of fused-ring (bicyclic) bond motifs is 5. The minimum Gasteiger partial charge on any atom is -0.481 e. The van der Waals surface area contributed by atoms with Crippen molar-refractivity contribution in [1.29, 1.82) is 0 Å². The number of ketones is 1. The Balaban J connectivity index is 1.66. The van der Waals surface area contributed by atoms with E-state index in [2.05, 4.69) is 33.8 Å². The zero-order valence-electron chi connectivity index (χ0n) is 19.9. The number of aliphatic hydroxyl groups is 1. The van der Waals surface area contributed by atoms with E-state index in [1.165, 1.54) is 0 Å². The third kappa shape index (κ3) is 3.61. The van der Waals surface area contributed by atoms with Gasteiger partial charge in [0.25, 0.3) is 0 Å². The fourth-order valence-corrected chi connectivity index (χ4v) is 8.84. The first-order valence-electron chi connectivity index (χ1n) is 12.8. The highest BCUT2D eigenvalue weighted by atomic mass is 16.4. The van der Waals surface area contributed by atoms with Crippen LogP contribution in [0.3, 0.4) is 0 Å². The fourth-order valence-electron chi connectivity index (χ4n) is 8.84. The molecule has 0 saturated heterocycles. The van der Waals surface area contributed by atoms with E-state index in [1.54, 1.807) is 0 Å². The van der Waals surface area contributed by atoms with Crippen molar-refractivity contribution in [2.45, 2.75) is 98.0 Å². The molecule has 0 heterocycles. The molecule has 0 aromatic rings. The van der Waals surface area contributed by atoms with Gasteiger partial charge in [-0.3, -0.25) is 9.59 Å². The molecular weight excluding hydrogens is 388 g/mol. The third-order valence-electron chi connectivity index (χ3n) is 10.4. The Bertz CT molecular complexity index is 756. The van der Waals surface area contributed by atoms with Crippen LogP contribution in [0, 0.1) is 46.3 Å². The van der Waals surface area contributed by atoms with Crippen LogP contribution in [0.1, 0.15) is 91.9 Å². The Morgan fingerprint density at radius 3 is 2.48 bits per heavy atom. The number of carboxylic acids is 1. The van der Waals surface area contributed by atoms with Crippen LogP contribution in [0.15, 0.2) is 11.6 Å². The van der Waals surface area contributed by atoms with Gasteiger partial charge in [-0.05, 0) is 104 Å². The van der Waals surface area contributed by atoms with Gasteiger partial charge in [0.05, 0.1) is 6.10 Å². The van der Waals surface area contributed by atoms with Gasteiger partial charge in [-0.1, -0.05) is 33.8 Å². The summed E-state index contributed by atoms with van der Waals surface area (Å²) in [4.78, 5) is 25.1. The van der Waals surface area contributed by atoms with Crippen LogP contribution >= 0.6 is 0 Å². The van der Waals surface area contributed by atoms with Gasteiger partial charge in [0.1, 0.15) is 0 Å². The average molecular weight is 431 g/mol. The van der Waals surface area contributed by atoms with Crippen molar-refractivity contribution in [2.75, 3.05) is 0 Å². The van der Waals surface area contributed by atoms with E-state index in [-0.39, 0.29) is 35.2 Å². The number of rotatable bonds is 5.